The molecular weight excluding hydrogens is 256 g/mol. The average molecular weight is 268 g/mol. The van der Waals surface area contributed by atoms with Gasteiger partial charge < -0.3 is 15.9 Å². The molecule has 1 aromatic rings. The molecule has 1 amide bonds. The molecule has 1 aromatic heterocycles. The molecule has 8 heteroatoms. The van der Waals surface area contributed by atoms with E-state index in [2.05, 4.69) is 15.5 Å². The Hall–Kier alpha value is -1.96. The van der Waals surface area contributed by atoms with Crippen LogP contribution in [0.25, 0.3) is 0 Å². The zero-order chi connectivity index (χ0) is 13.0. The predicted molar refractivity (Wildman–Crippen MR) is 66.2 cm³/mol. The topological polar surface area (TPSA) is 107 Å². The molecule has 1 saturated heterocycles. The van der Waals surface area contributed by atoms with Crippen LogP contribution in [0.15, 0.2) is 10.5 Å². The first-order chi connectivity index (χ1) is 8.70. The van der Waals surface area contributed by atoms with Gasteiger partial charge in [0.15, 0.2) is 17.1 Å². The summed E-state index contributed by atoms with van der Waals surface area (Å²) in [4.78, 5) is 31.0. The summed E-state index contributed by atoms with van der Waals surface area (Å²) in [6.45, 7) is 0.808. The molecule has 0 aliphatic carbocycles. The van der Waals surface area contributed by atoms with Crippen molar-refractivity contribution in [3.8, 4) is 0 Å². The number of aldehydes is 1. The van der Waals surface area contributed by atoms with E-state index in [1.807, 2.05) is 0 Å². The van der Waals surface area contributed by atoms with Crippen molar-refractivity contribution in [2.75, 3.05) is 18.9 Å². The molecule has 0 aromatic carbocycles. The van der Waals surface area contributed by atoms with E-state index in [1.165, 1.54) is 11.3 Å². The maximum Gasteiger partial charge on any atom is 0.226 e. The van der Waals surface area contributed by atoms with Gasteiger partial charge in [0.05, 0.1) is 5.92 Å². The molecule has 18 heavy (non-hydrogen) atoms. The highest BCUT2D eigenvalue weighted by Gasteiger charge is 2.24. The molecule has 1 aliphatic rings. The summed E-state index contributed by atoms with van der Waals surface area (Å²) < 4.78 is 0. The number of nitrogens with two attached hydrogens (primary N) is 1. The molecule has 0 bridgehead atoms. The summed E-state index contributed by atoms with van der Waals surface area (Å²) >= 11 is 1.21. The van der Waals surface area contributed by atoms with Crippen molar-refractivity contribution in [1.29, 1.82) is 0 Å². The molecule has 2 heterocycles. The first-order valence-electron chi connectivity index (χ1n) is 5.35. The summed E-state index contributed by atoms with van der Waals surface area (Å²) in [7, 11) is 0. The molecule has 1 aliphatic heterocycles. The average Bonchev–Trinajstić information content (AvgIpc) is 2.94. The van der Waals surface area contributed by atoms with Crippen LogP contribution in [0.5, 0.6) is 0 Å². The van der Waals surface area contributed by atoms with Crippen LogP contribution in [0.1, 0.15) is 12.1 Å². The molecule has 96 valence electrons. The Morgan fingerprint density at radius 2 is 2.61 bits per heavy atom. The largest absolute Gasteiger partial charge is 0.394 e. The van der Waals surface area contributed by atoms with Crippen LogP contribution in [0.3, 0.4) is 0 Å². The monoisotopic (exact) mass is 268 g/mol. The SMILES string of the molecule is Nc1nc(C(C=O)=NOCC2CCNC2=O)cs1. The minimum Gasteiger partial charge on any atom is -0.394 e. The van der Waals surface area contributed by atoms with E-state index in [0.29, 0.717) is 30.1 Å². The van der Waals surface area contributed by atoms with Crippen molar-refractivity contribution < 1.29 is 14.4 Å². The minimum atomic E-state index is -0.206. The van der Waals surface area contributed by atoms with Gasteiger partial charge in [-0.25, -0.2) is 4.98 Å². The Morgan fingerprint density at radius 1 is 1.78 bits per heavy atom. The summed E-state index contributed by atoms with van der Waals surface area (Å²) in [5.41, 5.74) is 5.91. The Balaban J connectivity index is 1.94. The maximum atomic E-state index is 11.3. The molecule has 7 nitrogen and oxygen atoms in total. The van der Waals surface area contributed by atoms with E-state index in [4.69, 9.17) is 10.6 Å². The third-order valence-electron chi connectivity index (χ3n) is 2.50. The number of nitrogens with zero attached hydrogens (tertiary/aromatic N) is 2. The fourth-order valence-electron chi connectivity index (χ4n) is 1.53. The van der Waals surface area contributed by atoms with Gasteiger partial charge in [0.25, 0.3) is 0 Å². The van der Waals surface area contributed by atoms with Gasteiger partial charge in [-0.1, -0.05) is 5.16 Å². The summed E-state index contributed by atoms with van der Waals surface area (Å²) in [5, 5.41) is 8.35. The highest BCUT2D eigenvalue weighted by molar-refractivity contribution is 7.13. The van der Waals surface area contributed by atoms with Gasteiger partial charge >= 0.3 is 0 Å². The van der Waals surface area contributed by atoms with Crippen LogP contribution in [-0.2, 0) is 14.4 Å². The number of nitrogen functional groups attached to an aromatic ring is 1. The number of carbonyl (C=O) groups is 2. The molecule has 1 unspecified atom stereocenters. The fourth-order valence-corrected chi connectivity index (χ4v) is 2.09. The number of anilines is 1. The standard InChI is InChI=1S/C10H12N4O3S/c11-10-13-8(5-18-10)7(3-15)14-17-4-6-1-2-12-9(6)16/h3,5-6H,1-2,4H2,(H2,11,13)(H,12,16). The fraction of sp³-hybridized carbons (Fsp3) is 0.400. The van der Waals surface area contributed by atoms with Crippen molar-refractivity contribution in [3.05, 3.63) is 11.1 Å². The van der Waals surface area contributed by atoms with E-state index < -0.39 is 0 Å². The molecule has 2 rings (SSSR count). The number of hydrogen-bond donors (Lipinski definition) is 2. The lowest BCUT2D eigenvalue weighted by Gasteiger charge is -2.04. The van der Waals surface area contributed by atoms with Gasteiger partial charge in [-0.2, -0.15) is 0 Å². The van der Waals surface area contributed by atoms with E-state index >= 15 is 0 Å². The van der Waals surface area contributed by atoms with Gasteiger partial charge in [0.1, 0.15) is 12.3 Å². The van der Waals surface area contributed by atoms with Crippen molar-refractivity contribution >= 4 is 34.4 Å². The smallest absolute Gasteiger partial charge is 0.226 e. The lowest BCUT2D eigenvalue weighted by Crippen LogP contribution is -2.22. The Labute approximate surface area is 107 Å². The lowest BCUT2D eigenvalue weighted by atomic mass is 10.1. The third kappa shape index (κ3) is 2.83. The number of carbonyl (C=O) groups excluding carboxylic acids is 2. The van der Waals surface area contributed by atoms with Gasteiger partial charge in [-0.3, -0.25) is 9.59 Å². The van der Waals surface area contributed by atoms with E-state index in [9.17, 15) is 9.59 Å². The molecule has 0 spiro atoms. The van der Waals surface area contributed by atoms with E-state index in [0.717, 1.165) is 0 Å². The molecule has 0 saturated carbocycles. The number of rotatable bonds is 5. The van der Waals surface area contributed by atoms with Crippen molar-refractivity contribution in [3.63, 3.8) is 0 Å². The number of thiazole rings is 1. The second kappa shape index (κ2) is 5.58. The van der Waals surface area contributed by atoms with Crippen LogP contribution in [0.2, 0.25) is 0 Å². The molecule has 3 N–H and O–H groups in total. The van der Waals surface area contributed by atoms with Gasteiger partial charge in [-0.15, -0.1) is 11.3 Å². The number of nitrogens with one attached hydrogen (secondary N) is 1. The van der Waals surface area contributed by atoms with Crippen LogP contribution >= 0.6 is 11.3 Å². The van der Waals surface area contributed by atoms with Gasteiger partial charge in [0, 0.05) is 11.9 Å². The maximum absolute atomic E-state index is 11.3. The molecule has 1 fully saturated rings. The van der Waals surface area contributed by atoms with Crippen molar-refractivity contribution in [1.82, 2.24) is 10.3 Å². The summed E-state index contributed by atoms with van der Waals surface area (Å²) in [6.07, 6.45) is 1.26. The normalized spacial score (nSPS) is 19.7. The number of hydrogen-bond acceptors (Lipinski definition) is 7. The Morgan fingerprint density at radius 3 is 3.17 bits per heavy atom. The lowest BCUT2D eigenvalue weighted by molar-refractivity contribution is -0.124. The number of aromatic nitrogens is 1. The van der Waals surface area contributed by atoms with E-state index in [-0.39, 0.29) is 24.1 Å². The third-order valence-corrected chi connectivity index (χ3v) is 3.17. The highest BCUT2D eigenvalue weighted by Crippen LogP contribution is 2.12. The van der Waals surface area contributed by atoms with Crippen molar-refractivity contribution in [2.45, 2.75) is 6.42 Å². The second-order valence-corrected chi connectivity index (χ2v) is 4.63. The second-order valence-electron chi connectivity index (χ2n) is 3.74. The molecule has 1 atom stereocenters. The first-order valence-corrected chi connectivity index (χ1v) is 6.23. The van der Waals surface area contributed by atoms with Crippen molar-refractivity contribution in [2.24, 2.45) is 11.1 Å². The Bertz CT molecular complexity index is 485. The Kier molecular flexibility index (Phi) is 3.88. The van der Waals surface area contributed by atoms with Crippen LogP contribution in [0, 0.1) is 5.92 Å². The zero-order valence-electron chi connectivity index (χ0n) is 9.46. The first kappa shape index (κ1) is 12.5. The predicted octanol–water partition coefficient (Wildman–Crippen LogP) is -0.219. The molecular formula is C10H12N4O3S. The van der Waals surface area contributed by atoms with Gasteiger partial charge in [-0.05, 0) is 6.42 Å². The summed E-state index contributed by atoms with van der Waals surface area (Å²) in [6, 6.07) is 0. The van der Waals surface area contributed by atoms with Crippen LogP contribution in [0.4, 0.5) is 5.13 Å². The highest BCUT2D eigenvalue weighted by atomic mass is 32.1. The summed E-state index contributed by atoms with van der Waals surface area (Å²) in [5.74, 6) is -0.252. The van der Waals surface area contributed by atoms with E-state index in [1.54, 1.807) is 5.38 Å². The number of amides is 1. The zero-order valence-corrected chi connectivity index (χ0v) is 10.3. The molecule has 0 radical (unpaired) electrons. The van der Waals surface area contributed by atoms with Gasteiger partial charge in [0.2, 0.25) is 5.91 Å². The quantitative estimate of drug-likeness (QED) is 0.436. The minimum absolute atomic E-state index is 0.0456. The van der Waals surface area contributed by atoms with Crippen LogP contribution < -0.4 is 11.1 Å². The number of oxime groups is 1. The van der Waals surface area contributed by atoms with Crippen LogP contribution in [-0.4, -0.2) is 36.0 Å².